The fourth-order valence-electron chi connectivity index (χ4n) is 4.14. The third-order valence-corrected chi connectivity index (χ3v) is 5.46. The van der Waals surface area contributed by atoms with Gasteiger partial charge in [0, 0.05) is 43.4 Å². The molecule has 1 aliphatic rings. The Labute approximate surface area is 145 Å². The molecule has 1 unspecified atom stereocenters. The third kappa shape index (κ3) is 2.90. The Morgan fingerprint density at radius 2 is 2.04 bits per heavy atom. The van der Waals surface area contributed by atoms with Crippen molar-refractivity contribution >= 4 is 5.91 Å². The second-order valence-electron chi connectivity index (χ2n) is 6.94. The molecule has 4 heteroatoms. The van der Waals surface area contributed by atoms with E-state index in [1.165, 1.54) is 24.2 Å². The van der Waals surface area contributed by atoms with Gasteiger partial charge in [0.1, 0.15) is 0 Å². The van der Waals surface area contributed by atoms with Crippen molar-refractivity contribution in [3.8, 4) is 0 Å². The van der Waals surface area contributed by atoms with Gasteiger partial charge in [0.2, 0.25) is 0 Å². The normalized spacial score (nSPS) is 18.7. The molecule has 1 aliphatic heterocycles. The molecular formula is C20H29N3O. The Hall–Kier alpha value is -1.97. The lowest BCUT2D eigenvalue weighted by Gasteiger charge is -2.30. The number of amides is 1. The summed E-state index contributed by atoms with van der Waals surface area (Å²) in [4.78, 5) is 15.5. The summed E-state index contributed by atoms with van der Waals surface area (Å²) in [6.07, 6.45) is 6.62. The van der Waals surface area contributed by atoms with Crippen LogP contribution in [0.3, 0.4) is 0 Å². The smallest absolute Gasteiger partial charge is 0.256 e. The summed E-state index contributed by atoms with van der Waals surface area (Å²) >= 11 is 0. The minimum Gasteiger partial charge on any atom is -0.353 e. The number of aryl methyl sites for hydroxylation is 2. The van der Waals surface area contributed by atoms with E-state index in [2.05, 4.69) is 66.2 Å². The van der Waals surface area contributed by atoms with E-state index in [1.54, 1.807) is 0 Å². The van der Waals surface area contributed by atoms with Crippen molar-refractivity contribution in [3.63, 3.8) is 0 Å². The third-order valence-electron chi connectivity index (χ3n) is 5.46. The zero-order valence-electron chi connectivity index (χ0n) is 15.4. The molecule has 2 aromatic heterocycles. The molecule has 0 saturated carbocycles. The van der Waals surface area contributed by atoms with E-state index in [9.17, 15) is 4.79 Å². The number of carbonyl (C=O) groups excluding carboxylic acids is 1. The number of nitrogens with zero attached hydrogens (tertiary/aromatic N) is 3. The summed E-state index contributed by atoms with van der Waals surface area (Å²) in [6, 6.07) is 6.48. The molecule has 1 atom stereocenters. The van der Waals surface area contributed by atoms with Crippen LogP contribution in [0.15, 0.2) is 24.4 Å². The molecule has 3 rings (SSSR count). The van der Waals surface area contributed by atoms with E-state index in [0.717, 1.165) is 37.2 Å². The highest BCUT2D eigenvalue weighted by Gasteiger charge is 2.30. The van der Waals surface area contributed by atoms with Crippen molar-refractivity contribution in [2.75, 3.05) is 6.54 Å². The molecule has 0 aromatic carbocycles. The van der Waals surface area contributed by atoms with E-state index < -0.39 is 0 Å². The van der Waals surface area contributed by atoms with Crippen molar-refractivity contribution in [2.24, 2.45) is 7.05 Å². The van der Waals surface area contributed by atoms with E-state index in [4.69, 9.17) is 0 Å². The van der Waals surface area contributed by atoms with E-state index in [0.29, 0.717) is 0 Å². The molecule has 1 fully saturated rings. The molecule has 0 aliphatic carbocycles. The minimum atomic E-state index is 0.185. The summed E-state index contributed by atoms with van der Waals surface area (Å²) in [6.45, 7) is 8.05. The number of hydrogen-bond donors (Lipinski definition) is 0. The summed E-state index contributed by atoms with van der Waals surface area (Å²) in [5.41, 5.74) is 4.38. The lowest BCUT2D eigenvalue weighted by Crippen LogP contribution is -2.35. The van der Waals surface area contributed by atoms with Crippen LogP contribution in [0.25, 0.3) is 0 Å². The van der Waals surface area contributed by atoms with Crippen LogP contribution in [-0.2, 0) is 13.6 Å². The molecular weight excluding hydrogens is 298 g/mol. The first-order valence-electron chi connectivity index (χ1n) is 9.13. The quantitative estimate of drug-likeness (QED) is 0.830. The van der Waals surface area contributed by atoms with Gasteiger partial charge in [0.05, 0.1) is 11.6 Å². The highest BCUT2D eigenvalue weighted by molar-refractivity contribution is 5.96. The van der Waals surface area contributed by atoms with Gasteiger partial charge in [-0.05, 0) is 51.8 Å². The fraction of sp³-hybridized carbons (Fsp3) is 0.550. The standard InChI is InChI=1S/C20H29N3O/c1-5-22-15(2)14-17(16(22)3)20(24)23-13-8-6-7-10-19(23)18-11-9-12-21(18)4/h9,11-12,14,19H,5-8,10,13H2,1-4H3. The molecule has 4 nitrogen and oxygen atoms in total. The van der Waals surface area contributed by atoms with Gasteiger partial charge in [0.15, 0.2) is 0 Å². The van der Waals surface area contributed by atoms with Crippen molar-refractivity contribution in [2.45, 2.75) is 59.0 Å². The van der Waals surface area contributed by atoms with Gasteiger partial charge in [-0.15, -0.1) is 0 Å². The molecule has 1 amide bonds. The molecule has 0 N–H and O–H groups in total. The van der Waals surface area contributed by atoms with Crippen LogP contribution in [0, 0.1) is 13.8 Å². The fourth-order valence-corrected chi connectivity index (χ4v) is 4.14. The first kappa shape index (κ1) is 16.9. The van der Waals surface area contributed by atoms with Gasteiger partial charge in [-0.2, -0.15) is 0 Å². The Morgan fingerprint density at radius 3 is 2.67 bits per heavy atom. The Bertz CT molecular complexity index is 725. The number of aromatic nitrogens is 2. The van der Waals surface area contributed by atoms with Crippen molar-refractivity contribution in [1.82, 2.24) is 14.0 Å². The van der Waals surface area contributed by atoms with E-state index in [1.807, 2.05) is 0 Å². The maximum absolute atomic E-state index is 13.4. The van der Waals surface area contributed by atoms with Crippen LogP contribution >= 0.6 is 0 Å². The van der Waals surface area contributed by atoms with Gasteiger partial charge in [-0.3, -0.25) is 4.79 Å². The zero-order chi connectivity index (χ0) is 17.3. The second-order valence-corrected chi connectivity index (χ2v) is 6.94. The van der Waals surface area contributed by atoms with E-state index in [-0.39, 0.29) is 11.9 Å². The topological polar surface area (TPSA) is 30.2 Å². The van der Waals surface area contributed by atoms with Gasteiger partial charge in [-0.1, -0.05) is 12.8 Å². The molecule has 24 heavy (non-hydrogen) atoms. The maximum atomic E-state index is 13.4. The van der Waals surface area contributed by atoms with Crippen LogP contribution in [-0.4, -0.2) is 26.5 Å². The van der Waals surface area contributed by atoms with Crippen LogP contribution in [0.2, 0.25) is 0 Å². The molecule has 130 valence electrons. The average Bonchev–Trinajstić information content (AvgIpc) is 3.00. The van der Waals surface area contributed by atoms with Crippen LogP contribution in [0.4, 0.5) is 0 Å². The Balaban J connectivity index is 1.97. The SMILES string of the molecule is CCn1c(C)cc(C(=O)N2CCCCCC2c2cccn2C)c1C. The number of rotatable bonds is 3. The summed E-state index contributed by atoms with van der Waals surface area (Å²) < 4.78 is 4.38. The predicted octanol–water partition coefficient (Wildman–Crippen LogP) is 4.22. The molecule has 0 radical (unpaired) electrons. The largest absolute Gasteiger partial charge is 0.353 e. The maximum Gasteiger partial charge on any atom is 0.256 e. The molecule has 3 heterocycles. The van der Waals surface area contributed by atoms with Gasteiger partial charge in [0.25, 0.3) is 5.91 Å². The summed E-state index contributed by atoms with van der Waals surface area (Å²) in [5.74, 6) is 0.191. The van der Waals surface area contributed by atoms with Gasteiger partial charge < -0.3 is 14.0 Å². The molecule has 0 spiro atoms. The first-order valence-corrected chi connectivity index (χ1v) is 9.13. The highest BCUT2D eigenvalue weighted by atomic mass is 16.2. The van der Waals surface area contributed by atoms with Gasteiger partial charge in [-0.25, -0.2) is 0 Å². The number of likely N-dealkylation sites (tertiary alicyclic amines) is 1. The minimum absolute atomic E-state index is 0.185. The monoisotopic (exact) mass is 327 g/mol. The molecule has 0 bridgehead atoms. The van der Waals surface area contributed by atoms with Crippen LogP contribution in [0.5, 0.6) is 0 Å². The predicted molar refractivity (Wildman–Crippen MR) is 97.2 cm³/mol. The van der Waals surface area contributed by atoms with Crippen molar-refractivity contribution < 1.29 is 4.79 Å². The number of carbonyl (C=O) groups is 1. The van der Waals surface area contributed by atoms with Gasteiger partial charge >= 0.3 is 0 Å². The number of hydrogen-bond acceptors (Lipinski definition) is 1. The summed E-state index contributed by atoms with van der Waals surface area (Å²) in [5, 5.41) is 0. The second kappa shape index (κ2) is 6.88. The Morgan fingerprint density at radius 1 is 1.25 bits per heavy atom. The Kier molecular flexibility index (Phi) is 4.83. The zero-order valence-corrected chi connectivity index (χ0v) is 15.4. The van der Waals surface area contributed by atoms with Crippen molar-refractivity contribution in [3.05, 3.63) is 47.0 Å². The first-order chi connectivity index (χ1) is 11.5. The average molecular weight is 327 g/mol. The molecule has 2 aromatic rings. The molecule has 1 saturated heterocycles. The van der Waals surface area contributed by atoms with Crippen LogP contribution < -0.4 is 0 Å². The lowest BCUT2D eigenvalue weighted by molar-refractivity contribution is 0.0673. The lowest BCUT2D eigenvalue weighted by atomic mass is 10.1. The summed E-state index contributed by atoms with van der Waals surface area (Å²) in [7, 11) is 2.08. The van der Waals surface area contributed by atoms with Crippen LogP contribution in [0.1, 0.15) is 66.1 Å². The van der Waals surface area contributed by atoms with Crippen molar-refractivity contribution in [1.29, 1.82) is 0 Å². The van der Waals surface area contributed by atoms with E-state index >= 15 is 0 Å². The highest BCUT2D eigenvalue weighted by Crippen LogP contribution is 2.32.